The van der Waals surface area contributed by atoms with Gasteiger partial charge in [0.25, 0.3) is 0 Å². The van der Waals surface area contributed by atoms with Crippen LogP contribution in [-0.4, -0.2) is 69.8 Å². The quantitative estimate of drug-likeness (QED) is 0.225. The lowest BCUT2D eigenvalue weighted by molar-refractivity contribution is -0.377. The van der Waals surface area contributed by atoms with E-state index >= 15 is 0 Å². The first-order chi connectivity index (χ1) is 8.72. The van der Waals surface area contributed by atoms with Crippen molar-refractivity contribution in [2.75, 3.05) is 27.2 Å². The van der Waals surface area contributed by atoms with Gasteiger partial charge < -0.3 is 9.80 Å². The summed E-state index contributed by atoms with van der Waals surface area (Å²) in [4.78, 5) is 15.6. The monoisotopic (exact) mass is 295 g/mol. The van der Waals surface area contributed by atoms with E-state index in [1.807, 2.05) is 0 Å². The highest BCUT2D eigenvalue weighted by Crippen LogP contribution is 2.29. The van der Waals surface area contributed by atoms with Crippen molar-refractivity contribution in [1.29, 1.82) is 0 Å². The van der Waals surface area contributed by atoms with Crippen LogP contribution in [0, 0.1) is 0 Å². The largest absolute Gasteiger partial charge is 0.324 e. The zero-order valence-corrected chi connectivity index (χ0v) is 9.93. The molecule has 0 unspecified atom stereocenters. The molecule has 0 aromatic carbocycles. The Morgan fingerprint density at radius 3 is 1.74 bits per heavy atom. The number of carbonyl (C=O) groups is 1. The third-order valence-electron chi connectivity index (χ3n) is 2.30. The Kier molecular flexibility index (Phi) is 6.88. The van der Waals surface area contributed by atoms with Gasteiger partial charge in [-0.15, -0.1) is 4.99 Å². The molecule has 1 fully saturated rings. The van der Waals surface area contributed by atoms with Crippen molar-refractivity contribution in [3.63, 3.8) is 0 Å². The van der Waals surface area contributed by atoms with Crippen LogP contribution in [0.2, 0.25) is 0 Å². The summed E-state index contributed by atoms with van der Waals surface area (Å²) in [6.07, 6.45) is 0. The van der Waals surface area contributed by atoms with Crippen LogP contribution in [0.25, 0.3) is 0 Å². The maximum Gasteiger partial charge on any atom is 0.319 e. The summed E-state index contributed by atoms with van der Waals surface area (Å²) in [5.41, 5.74) is -1.78. The molecular formula is C6H13F4N5O4. The van der Waals surface area contributed by atoms with Crippen LogP contribution < -0.4 is 5.64 Å². The van der Waals surface area contributed by atoms with E-state index in [1.54, 1.807) is 0 Å². The summed E-state index contributed by atoms with van der Waals surface area (Å²) in [7, 11) is 2.36. The molecule has 114 valence electrons. The SMILES string of the molecule is CN1CC(N(F)F)(N(F)F)CN(C)C1=O.ONOO. The molecule has 3 N–H and O–H groups in total. The predicted octanol–water partition coefficient (Wildman–Crippen LogP) is 0.192. The van der Waals surface area contributed by atoms with Crippen molar-refractivity contribution in [2.24, 2.45) is 0 Å². The number of rotatable bonds is 3. The average Bonchev–Trinajstić information content (AvgIpc) is 2.35. The molecular weight excluding hydrogens is 282 g/mol. The summed E-state index contributed by atoms with van der Waals surface area (Å²) in [6, 6.07) is -0.575. The molecule has 1 saturated heterocycles. The van der Waals surface area contributed by atoms with E-state index in [4.69, 9.17) is 10.5 Å². The van der Waals surface area contributed by atoms with Crippen molar-refractivity contribution in [2.45, 2.75) is 5.66 Å². The first kappa shape index (κ1) is 17.8. The van der Waals surface area contributed by atoms with E-state index in [9.17, 15) is 22.7 Å². The number of hydrogen-bond acceptors (Lipinski definition) is 7. The summed E-state index contributed by atoms with van der Waals surface area (Å²) in [5.74, 6) is 0. The molecule has 0 spiro atoms. The number of likely N-dealkylation sites (N-methyl/N-ethyl adjacent to an activating group) is 2. The molecule has 1 aliphatic heterocycles. The molecule has 0 bridgehead atoms. The summed E-state index contributed by atoms with van der Waals surface area (Å²) in [6.45, 7) is -1.54. The fraction of sp³-hybridized carbons (Fsp3) is 0.833. The number of nitrogens with zero attached hydrogens (tertiary/aromatic N) is 4. The Bertz CT molecular complexity index is 271. The smallest absolute Gasteiger partial charge is 0.319 e. The van der Waals surface area contributed by atoms with Crippen LogP contribution in [0.5, 0.6) is 0 Å². The zero-order chi connectivity index (χ0) is 15.2. The normalized spacial score (nSPS) is 18.7. The minimum Gasteiger partial charge on any atom is -0.324 e. The van der Waals surface area contributed by atoms with Gasteiger partial charge in [0.05, 0.1) is 23.8 Å². The Morgan fingerprint density at radius 1 is 1.21 bits per heavy atom. The second kappa shape index (κ2) is 7.37. The van der Waals surface area contributed by atoms with E-state index in [2.05, 4.69) is 4.99 Å². The summed E-state index contributed by atoms with van der Waals surface area (Å²) >= 11 is 0. The molecule has 0 aromatic rings. The topological polar surface area (TPSA) is 91.8 Å². The molecule has 0 aromatic heterocycles. The van der Waals surface area contributed by atoms with Crippen molar-refractivity contribution in [1.82, 2.24) is 26.1 Å². The van der Waals surface area contributed by atoms with Gasteiger partial charge in [0, 0.05) is 14.1 Å². The first-order valence-electron chi connectivity index (χ1n) is 4.62. The highest BCUT2D eigenvalue weighted by Gasteiger charge is 2.53. The minimum absolute atomic E-state index is 0.575. The van der Waals surface area contributed by atoms with E-state index in [0.29, 0.717) is 0 Å². The lowest BCUT2D eigenvalue weighted by Gasteiger charge is -2.43. The zero-order valence-electron chi connectivity index (χ0n) is 9.93. The number of nitrogens with one attached hydrogen (secondary N) is 1. The van der Waals surface area contributed by atoms with Crippen molar-refractivity contribution < 1.29 is 38.2 Å². The lowest BCUT2D eigenvalue weighted by Crippen LogP contribution is -2.68. The molecule has 1 rings (SSSR count). The number of urea groups is 1. The number of halogens is 4. The predicted molar refractivity (Wildman–Crippen MR) is 50.1 cm³/mol. The highest BCUT2D eigenvalue weighted by molar-refractivity contribution is 5.75. The van der Waals surface area contributed by atoms with E-state index in [0.717, 1.165) is 15.4 Å². The fourth-order valence-corrected chi connectivity index (χ4v) is 1.51. The Labute approximate surface area is 104 Å². The van der Waals surface area contributed by atoms with Crippen molar-refractivity contribution >= 4 is 6.03 Å². The standard InChI is InChI=1S/C6H10F4N4O.H3NO3/c1-11-3-6(13(7)8,14(9)10)4-12(2)5(11)15;2-1-4-3/h3-4H2,1-2H3;1-3H. The molecule has 1 heterocycles. The Hall–Kier alpha value is -1.25. The summed E-state index contributed by atoms with van der Waals surface area (Å²) < 4.78 is 49.8. The van der Waals surface area contributed by atoms with Gasteiger partial charge in [0.1, 0.15) is 0 Å². The molecule has 0 radical (unpaired) electrons. The maximum absolute atomic E-state index is 12.4. The molecule has 9 nitrogen and oxygen atoms in total. The van der Waals surface area contributed by atoms with Crippen molar-refractivity contribution in [3.8, 4) is 0 Å². The molecule has 0 atom stereocenters. The van der Waals surface area contributed by atoms with E-state index < -0.39 is 35.5 Å². The number of carbonyl (C=O) groups excluding carboxylic acids is 1. The van der Waals surface area contributed by atoms with Gasteiger partial charge in [-0.2, -0.15) is 0 Å². The van der Waals surface area contributed by atoms with Gasteiger partial charge in [0.15, 0.2) is 0 Å². The summed E-state index contributed by atoms with van der Waals surface area (Å²) in [5, 5.41) is 11.0. The van der Waals surface area contributed by atoms with Gasteiger partial charge in [-0.3, -0.25) is 5.21 Å². The van der Waals surface area contributed by atoms with Gasteiger partial charge in [-0.25, -0.2) is 10.1 Å². The van der Waals surface area contributed by atoms with E-state index in [-0.39, 0.29) is 0 Å². The van der Waals surface area contributed by atoms with Gasteiger partial charge in [0.2, 0.25) is 5.66 Å². The third kappa shape index (κ3) is 4.12. The minimum atomic E-state index is -2.77. The van der Waals surface area contributed by atoms with Gasteiger partial charge >= 0.3 is 6.03 Å². The van der Waals surface area contributed by atoms with Crippen LogP contribution >= 0.6 is 0 Å². The third-order valence-corrected chi connectivity index (χ3v) is 2.30. The molecule has 0 saturated carbocycles. The number of amides is 2. The molecule has 1 aliphatic rings. The fourth-order valence-electron chi connectivity index (χ4n) is 1.51. The molecule has 13 heteroatoms. The van der Waals surface area contributed by atoms with E-state index in [1.165, 1.54) is 14.1 Å². The molecule has 19 heavy (non-hydrogen) atoms. The van der Waals surface area contributed by atoms with Gasteiger partial charge in [-0.1, -0.05) is 17.9 Å². The van der Waals surface area contributed by atoms with Crippen molar-refractivity contribution in [3.05, 3.63) is 0 Å². The van der Waals surface area contributed by atoms with Crippen LogP contribution in [0.1, 0.15) is 0 Å². The average molecular weight is 295 g/mol. The molecule has 2 amide bonds. The van der Waals surface area contributed by atoms with Crippen LogP contribution in [0.4, 0.5) is 22.7 Å². The first-order valence-corrected chi connectivity index (χ1v) is 4.62. The Morgan fingerprint density at radius 2 is 1.53 bits per heavy atom. The maximum atomic E-state index is 12.4. The van der Waals surface area contributed by atoms with Gasteiger partial charge in [-0.05, 0) is 5.64 Å². The second-order valence-corrected chi connectivity index (χ2v) is 3.63. The lowest BCUT2D eigenvalue weighted by atomic mass is 10.1. The van der Waals surface area contributed by atoms with Crippen LogP contribution in [0.15, 0.2) is 0 Å². The number of hydrogen-bond donors (Lipinski definition) is 3. The van der Waals surface area contributed by atoms with Crippen LogP contribution in [0.3, 0.4) is 0 Å². The highest BCUT2D eigenvalue weighted by atomic mass is 19.4. The Balaban J connectivity index is 0.000000711. The van der Waals surface area contributed by atoms with Crippen LogP contribution in [-0.2, 0) is 4.99 Å². The second-order valence-electron chi connectivity index (χ2n) is 3.63. The molecule has 0 aliphatic carbocycles.